The second-order valence-electron chi connectivity index (χ2n) is 4.09. The molecule has 1 unspecified atom stereocenters. The molecule has 3 rings (SSSR count). The number of piperidine rings is 1. The van der Waals surface area contributed by atoms with Crippen LogP contribution in [0.2, 0.25) is 0 Å². The van der Waals surface area contributed by atoms with Crippen molar-refractivity contribution in [3.05, 3.63) is 27.9 Å². The van der Waals surface area contributed by atoms with Crippen molar-refractivity contribution < 1.29 is 0 Å². The smallest absolute Gasteiger partial charge is 0.0976 e. The molecule has 0 amide bonds. The maximum absolute atomic E-state index is 4.77. The van der Waals surface area contributed by atoms with Gasteiger partial charge in [0.2, 0.25) is 0 Å². The predicted molar refractivity (Wildman–Crippen MR) is 70.3 cm³/mol. The van der Waals surface area contributed by atoms with Crippen LogP contribution in [0.5, 0.6) is 0 Å². The molecule has 4 heteroatoms. The summed E-state index contributed by atoms with van der Waals surface area (Å²) in [5.41, 5.74) is 1.15. The molecule has 1 atom stereocenters. The lowest BCUT2D eigenvalue weighted by atomic mass is 10.0. The molecule has 2 aromatic heterocycles. The van der Waals surface area contributed by atoms with Crippen molar-refractivity contribution in [3.63, 3.8) is 0 Å². The first-order valence-electron chi connectivity index (χ1n) is 5.63. The Hall–Kier alpha value is -0.710. The number of nitrogens with zero attached hydrogens (tertiary/aromatic N) is 1. The quantitative estimate of drug-likeness (QED) is 0.884. The Morgan fingerprint density at radius 2 is 2.38 bits per heavy atom. The predicted octanol–water partition coefficient (Wildman–Crippen LogP) is 3.34. The molecule has 0 bridgehead atoms. The van der Waals surface area contributed by atoms with Crippen LogP contribution in [0.25, 0.3) is 10.6 Å². The lowest BCUT2D eigenvalue weighted by molar-refractivity contribution is 0.460. The van der Waals surface area contributed by atoms with E-state index >= 15 is 0 Å². The number of hydrogen-bond acceptors (Lipinski definition) is 4. The molecular formula is C12H14N2S2. The first-order chi connectivity index (χ1) is 7.93. The number of nitrogens with one attached hydrogen (secondary N) is 1. The average Bonchev–Trinajstić information content (AvgIpc) is 3.01. The third-order valence-electron chi connectivity index (χ3n) is 2.94. The van der Waals surface area contributed by atoms with E-state index in [1.54, 1.807) is 11.3 Å². The van der Waals surface area contributed by atoms with Crippen molar-refractivity contribution in [2.75, 3.05) is 13.1 Å². The van der Waals surface area contributed by atoms with E-state index in [-0.39, 0.29) is 0 Å². The summed E-state index contributed by atoms with van der Waals surface area (Å²) in [5.74, 6) is 0.632. The lowest BCUT2D eigenvalue weighted by Gasteiger charge is -2.20. The molecular weight excluding hydrogens is 236 g/mol. The van der Waals surface area contributed by atoms with Crippen molar-refractivity contribution >= 4 is 22.7 Å². The minimum atomic E-state index is 0.632. The van der Waals surface area contributed by atoms with Gasteiger partial charge in [0, 0.05) is 17.8 Å². The van der Waals surface area contributed by atoms with Gasteiger partial charge in [0.05, 0.1) is 15.6 Å². The normalized spacial score (nSPS) is 21.1. The van der Waals surface area contributed by atoms with Crippen LogP contribution in [0.4, 0.5) is 0 Å². The summed E-state index contributed by atoms with van der Waals surface area (Å²) in [5, 5.41) is 9.05. The molecule has 1 fully saturated rings. The Bertz CT molecular complexity index is 441. The SMILES string of the molecule is c1csc(-c2csc(C3CCCNC3)n2)c1. The number of thiazole rings is 1. The maximum Gasteiger partial charge on any atom is 0.0976 e. The number of rotatable bonds is 2. The molecule has 0 spiro atoms. The highest BCUT2D eigenvalue weighted by Gasteiger charge is 2.18. The molecule has 84 valence electrons. The van der Waals surface area contributed by atoms with Crippen LogP contribution >= 0.6 is 22.7 Å². The van der Waals surface area contributed by atoms with Gasteiger partial charge in [-0.3, -0.25) is 0 Å². The standard InChI is InChI=1S/C12H14N2S2/c1-3-9(7-13-5-1)12-14-10(8-16-12)11-4-2-6-15-11/h2,4,6,8-9,13H,1,3,5,7H2. The van der Waals surface area contributed by atoms with Crippen LogP contribution in [-0.2, 0) is 0 Å². The van der Waals surface area contributed by atoms with E-state index in [9.17, 15) is 0 Å². The summed E-state index contributed by atoms with van der Waals surface area (Å²) in [6, 6.07) is 4.23. The maximum atomic E-state index is 4.77. The topological polar surface area (TPSA) is 24.9 Å². The lowest BCUT2D eigenvalue weighted by Crippen LogP contribution is -2.28. The molecule has 16 heavy (non-hydrogen) atoms. The van der Waals surface area contributed by atoms with E-state index in [1.807, 2.05) is 11.3 Å². The molecule has 3 heterocycles. The summed E-state index contributed by atoms with van der Waals surface area (Å²) in [7, 11) is 0. The molecule has 0 aliphatic carbocycles. The fraction of sp³-hybridized carbons (Fsp3) is 0.417. The van der Waals surface area contributed by atoms with Gasteiger partial charge in [0.25, 0.3) is 0 Å². The first kappa shape index (κ1) is 10.4. The summed E-state index contributed by atoms with van der Waals surface area (Å²) >= 11 is 3.57. The van der Waals surface area contributed by atoms with Crippen molar-refractivity contribution in [1.29, 1.82) is 0 Å². The summed E-state index contributed by atoms with van der Waals surface area (Å²) in [6.45, 7) is 2.26. The van der Waals surface area contributed by atoms with Gasteiger partial charge in [0.15, 0.2) is 0 Å². The molecule has 2 nitrogen and oxygen atoms in total. The highest BCUT2D eigenvalue weighted by molar-refractivity contribution is 7.14. The minimum absolute atomic E-state index is 0.632. The van der Waals surface area contributed by atoms with Gasteiger partial charge in [-0.2, -0.15) is 0 Å². The van der Waals surface area contributed by atoms with Gasteiger partial charge in [-0.25, -0.2) is 4.98 Å². The van der Waals surface area contributed by atoms with Crippen molar-refractivity contribution in [2.45, 2.75) is 18.8 Å². The minimum Gasteiger partial charge on any atom is -0.316 e. The van der Waals surface area contributed by atoms with Crippen molar-refractivity contribution in [3.8, 4) is 10.6 Å². The number of thiophene rings is 1. The van der Waals surface area contributed by atoms with Crippen LogP contribution in [0.3, 0.4) is 0 Å². The molecule has 0 radical (unpaired) electrons. The van der Waals surface area contributed by atoms with Gasteiger partial charge in [-0.15, -0.1) is 22.7 Å². The highest BCUT2D eigenvalue weighted by Crippen LogP contribution is 2.31. The fourth-order valence-corrected chi connectivity index (χ4v) is 3.79. The van der Waals surface area contributed by atoms with Gasteiger partial charge in [-0.1, -0.05) is 6.07 Å². The van der Waals surface area contributed by atoms with E-state index in [1.165, 1.54) is 29.3 Å². The molecule has 0 saturated carbocycles. The zero-order valence-electron chi connectivity index (χ0n) is 8.98. The molecule has 1 aliphatic heterocycles. The second-order valence-corrected chi connectivity index (χ2v) is 5.93. The Morgan fingerprint density at radius 3 is 3.12 bits per heavy atom. The summed E-state index contributed by atoms with van der Waals surface area (Å²) in [6.07, 6.45) is 2.56. The van der Waals surface area contributed by atoms with Gasteiger partial charge < -0.3 is 5.32 Å². The zero-order chi connectivity index (χ0) is 10.8. The third-order valence-corrected chi connectivity index (χ3v) is 4.84. The molecule has 1 aliphatic rings. The van der Waals surface area contributed by atoms with Crippen LogP contribution in [-0.4, -0.2) is 18.1 Å². The van der Waals surface area contributed by atoms with E-state index in [2.05, 4.69) is 28.2 Å². The Balaban J connectivity index is 1.82. The van der Waals surface area contributed by atoms with Crippen molar-refractivity contribution in [2.24, 2.45) is 0 Å². The Labute approximate surface area is 103 Å². The summed E-state index contributed by atoms with van der Waals surface area (Å²) < 4.78 is 0. The number of hydrogen-bond donors (Lipinski definition) is 1. The van der Waals surface area contributed by atoms with E-state index in [0.29, 0.717) is 5.92 Å². The van der Waals surface area contributed by atoms with Crippen LogP contribution in [0, 0.1) is 0 Å². The van der Waals surface area contributed by atoms with E-state index in [4.69, 9.17) is 4.98 Å². The van der Waals surface area contributed by atoms with E-state index in [0.717, 1.165) is 12.2 Å². The molecule has 1 N–H and O–H groups in total. The average molecular weight is 250 g/mol. The second kappa shape index (κ2) is 4.65. The van der Waals surface area contributed by atoms with Gasteiger partial charge in [-0.05, 0) is 30.8 Å². The van der Waals surface area contributed by atoms with Crippen LogP contribution < -0.4 is 5.32 Å². The molecule has 2 aromatic rings. The monoisotopic (exact) mass is 250 g/mol. The zero-order valence-corrected chi connectivity index (χ0v) is 10.6. The van der Waals surface area contributed by atoms with Gasteiger partial charge in [0.1, 0.15) is 0 Å². The van der Waals surface area contributed by atoms with Crippen molar-refractivity contribution in [1.82, 2.24) is 10.3 Å². The Kier molecular flexibility index (Phi) is 3.04. The summed E-state index contributed by atoms with van der Waals surface area (Å²) in [4.78, 5) is 6.05. The van der Waals surface area contributed by atoms with Gasteiger partial charge >= 0.3 is 0 Å². The largest absolute Gasteiger partial charge is 0.316 e. The Morgan fingerprint density at radius 1 is 1.38 bits per heavy atom. The number of aromatic nitrogens is 1. The van der Waals surface area contributed by atoms with E-state index < -0.39 is 0 Å². The van der Waals surface area contributed by atoms with Crippen LogP contribution in [0.15, 0.2) is 22.9 Å². The highest BCUT2D eigenvalue weighted by atomic mass is 32.1. The third kappa shape index (κ3) is 2.05. The fourth-order valence-electron chi connectivity index (χ4n) is 2.08. The first-order valence-corrected chi connectivity index (χ1v) is 7.39. The van der Waals surface area contributed by atoms with Crippen LogP contribution in [0.1, 0.15) is 23.8 Å². The molecule has 1 saturated heterocycles. The molecule has 0 aromatic carbocycles.